The van der Waals surface area contributed by atoms with Crippen molar-refractivity contribution in [2.24, 2.45) is 0 Å². The second-order valence-electron chi connectivity index (χ2n) is 5.04. The third-order valence-corrected chi connectivity index (χ3v) is 4.11. The van der Waals surface area contributed by atoms with Gasteiger partial charge in [-0.3, -0.25) is 0 Å². The summed E-state index contributed by atoms with van der Waals surface area (Å²) in [6.07, 6.45) is 8.75. The SMILES string of the molecule is S=c1[nH]c(-c2ccccc2)cn1C1CCCCC1. The quantitative estimate of drug-likeness (QED) is 0.773. The number of nitrogens with zero attached hydrogens (tertiary/aromatic N) is 1. The third-order valence-electron chi connectivity index (χ3n) is 3.80. The Hall–Kier alpha value is -1.35. The minimum atomic E-state index is 0.597. The smallest absolute Gasteiger partial charge is 0.177 e. The Morgan fingerprint density at radius 2 is 1.78 bits per heavy atom. The van der Waals surface area contributed by atoms with Crippen molar-refractivity contribution in [1.82, 2.24) is 9.55 Å². The van der Waals surface area contributed by atoms with Gasteiger partial charge in [-0.2, -0.15) is 0 Å². The van der Waals surface area contributed by atoms with Crippen LogP contribution in [0.2, 0.25) is 0 Å². The zero-order valence-corrected chi connectivity index (χ0v) is 11.2. The molecule has 1 aromatic carbocycles. The van der Waals surface area contributed by atoms with Gasteiger partial charge in [0.15, 0.2) is 4.77 Å². The maximum Gasteiger partial charge on any atom is 0.177 e. The van der Waals surface area contributed by atoms with Gasteiger partial charge in [-0.15, -0.1) is 0 Å². The molecule has 1 heterocycles. The molecule has 2 aromatic rings. The van der Waals surface area contributed by atoms with Gasteiger partial charge in [0.05, 0.1) is 5.69 Å². The summed E-state index contributed by atoms with van der Waals surface area (Å²) in [5.74, 6) is 0. The number of hydrogen-bond donors (Lipinski definition) is 1. The first-order valence-corrected chi connectivity index (χ1v) is 7.12. The summed E-state index contributed by atoms with van der Waals surface area (Å²) in [5, 5.41) is 0. The summed E-state index contributed by atoms with van der Waals surface area (Å²) in [6, 6.07) is 11.0. The van der Waals surface area contributed by atoms with E-state index < -0.39 is 0 Å². The van der Waals surface area contributed by atoms with Crippen molar-refractivity contribution in [2.75, 3.05) is 0 Å². The minimum Gasteiger partial charge on any atom is -0.331 e. The van der Waals surface area contributed by atoms with Crippen LogP contribution >= 0.6 is 12.2 Å². The first-order chi connectivity index (χ1) is 8.84. The molecule has 0 amide bonds. The lowest BCUT2D eigenvalue weighted by molar-refractivity contribution is 0.350. The van der Waals surface area contributed by atoms with Gasteiger partial charge in [0, 0.05) is 12.2 Å². The predicted molar refractivity (Wildman–Crippen MR) is 77.2 cm³/mol. The van der Waals surface area contributed by atoms with Crippen LogP contribution in [-0.2, 0) is 0 Å². The molecular formula is C15H18N2S. The molecule has 1 fully saturated rings. The van der Waals surface area contributed by atoms with Crippen molar-refractivity contribution >= 4 is 12.2 Å². The molecule has 1 N–H and O–H groups in total. The van der Waals surface area contributed by atoms with Crippen molar-refractivity contribution in [1.29, 1.82) is 0 Å². The fourth-order valence-corrected chi connectivity index (χ4v) is 3.12. The Morgan fingerprint density at radius 3 is 2.50 bits per heavy atom. The van der Waals surface area contributed by atoms with Gasteiger partial charge in [-0.1, -0.05) is 49.6 Å². The van der Waals surface area contributed by atoms with Crippen LogP contribution in [0.1, 0.15) is 38.1 Å². The van der Waals surface area contributed by atoms with Gasteiger partial charge in [-0.05, 0) is 30.6 Å². The van der Waals surface area contributed by atoms with E-state index in [0.29, 0.717) is 6.04 Å². The molecule has 0 atom stereocenters. The van der Waals surface area contributed by atoms with Crippen LogP contribution < -0.4 is 0 Å². The standard InChI is InChI=1S/C15H18N2S/c18-15-16-14(12-7-3-1-4-8-12)11-17(15)13-9-5-2-6-10-13/h1,3-4,7-8,11,13H,2,5-6,9-10H2,(H,16,18). The summed E-state index contributed by atoms with van der Waals surface area (Å²) in [6.45, 7) is 0. The van der Waals surface area contributed by atoms with Gasteiger partial charge in [0.1, 0.15) is 0 Å². The summed E-state index contributed by atoms with van der Waals surface area (Å²) >= 11 is 5.46. The Labute approximate surface area is 113 Å². The molecule has 0 bridgehead atoms. The third kappa shape index (κ3) is 2.27. The summed E-state index contributed by atoms with van der Waals surface area (Å²) in [7, 11) is 0. The second-order valence-corrected chi connectivity index (χ2v) is 5.42. The molecule has 0 radical (unpaired) electrons. The molecule has 94 valence electrons. The summed E-state index contributed by atoms with van der Waals surface area (Å²) in [4.78, 5) is 3.34. The maximum absolute atomic E-state index is 5.46. The van der Waals surface area contributed by atoms with E-state index in [0.717, 1.165) is 10.5 Å². The number of rotatable bonds is 2. The van der Waals surface area contributed by atoms with Crippen molar-refractivity contribution in [3.05, 3.63) is 41.3 Å². The maximum atomic E-state index is 5.46. The molecule has 1 aromatic heterocycles. The molecular weight excluding hydrogens is 240 g/mol. The highest BCUT2D eigenvalue weighted by atomic mass is 32.1. The highest BCUT2D eigenvalue weighted by molar-refractivity contribution is 7.71. The fourth-order valence-electron chi connectivity index (χ4n) is 2.80. The van der Waals surface area contributed by atoms with Crippen molar-refractivity contribution in [3.63, 3.8) is 0 Å². The van der Waals surface area contributed by atoms with E-state index in [4.69, 9.17) is 12.2 Å². The predicted octanol–water partition coefficient (Wildman–Crippen LogP) is 4.72. The van der Waals surface area contributed by atoms with E-state index in [2.05, 4.69) is 40.0 Å². The fraction of sp³-hybridized carbons (Fsp3) is 0.400. The van der Waals surface area contributed by atoms with E-state index in [1.807, 2.05) is 6.07 Å². The van der Waals surface area contributed by atoms with Crippen LogP contribution in [-0.4, -0.2) is 9.55 Å². The summed E-state index contributed by atoms with van der Waals surface area (Å²) in [5.41, 5.74) is 2.34. The monoisotopic (exact) mass is 258 g/mol. The Balaban J connectivity index is 1.93. The molecule has 18 heavy (non-hydrogen) atoms. The molecule has 1 aliphatic rings. The van der Waals surface area contributed by atoms with E-state index in [-0.39, 0.29) is 0 Å². The molecule has 0 spiro atoms. The lowest BCUT2D eigenvalue weighted by Crippen LogP contribution is -2.11. The molecule has 1 saturated carbocycles. The molecule has 0 aliphatic heterocycles. The molecule has 3 heteroatoms. The van der Waals surface area contributed by atoms with Gasteiger partial charge < -0.3 is 9.55 Å². The zero-order valence-electron chi connectivity index (χ0n) is 10.4. The van der Waals surface area contributed by atoms with Gasteiger partial charge >= 0.3 is 0 Å². The van der Waals surface area contributed by atoms with Crippen molar-refractivity contribution in [3.8, 4) is 11.3 Å². The van der Waals surface area contributed by atoms with Crippen LogP contribution in [0.3, 0.4) is 0 Å². The van der Waals surface area contributed by atoms with Gasteiger partial charge in [-0.25, -0.2) is 0 Å². The number of aromatic amines is 1. The lowest BCUT2D eigenvalue weighted by Gasteiger charge is -2.22. The molecule has 3 rings (SSSR count). The number of benzene rings is 1. The van der Waals surface area contributed by atoms with Crippen LogP contribution in [0.25, 0.3) is 11.3 Å². The topological polar surface area (TPSA) is 20.7 Å². The average Bonchev–Trinajstić information content (AvgIpc) is 2.83. The first kappa shape index (κ1) is 11.7. The number of hydrogen-bond acceptors (Lipinski definition) is 1. The average molecular weight is 258 g/mol. The lowest BCUT2D eigenvalue weighted by atomic mass is 9.95. The van der Waals surface area contributed by atoms with E-state index in [1.165, 1.54) is 37.7 Å². The van der Waals surface area contributed by atoms with Gasteiger partial charge in [0.2, 0.25) is 0 Å². The molecule has 0 unspecified atom stereocenters. The van der Waals surface area contributed by atoms with Crippen LogP contribution in [0.15, 0.2) is 36.5 Å². The number of aromatic nitrogens is 2. The van der Waals surface area contributed by atoms with Crippen LogP contribution in [0.4, 0.5) is 0 Å². The van der Waals surface area contributed by atoms with Crippen molar-refractivity contribution in [2.45, 2.75) is 38.1 Å². The van der Waals surface area contributed by atoms with Crippen LogP contribution in [0.5, 0.6) is 0 Å². The Kier molecular flexibility index (Phi) is 3.33. The Morgan fingerprint density at radius 1 is 1.06 bits per heavy atom. The largest absolute Gasteiger partial charge is 0.331 e. The van der Waals surface area contributed by atoms with E-state index >= 15 is 0 Å². The first-order valence-electron chi connectivity index (χ1n) is 6.71. The minimum absolute atomic E-state index is 0.597. The second kappa shape index (κ2) is 5.11. The molecule has 1 aliphatic carbocycles. The van der Waals surface area contributed by atoms with Gasteiger partial charge in [0.25, 0.3) is 0 Å². The Bertz CT molecular complexity index is 562. The van der Waals surface area contributed by atoms with E-state index in [1.54, 1.807) is 0 Å². The normalized spacial score (nSPS) is 16.9. The number of H-pyrrole nitrogens is 1. The number of imidazole rings is 1. The molecule has 0 saturated heterocycles. The van der Waals surface area contributed by atoms with Crippen molar-refractivity contribution < 1.29 is 0 Å². The van der Waals surface area contributed by atoms with E-state index in [9.17, 15) is 0 Å². The number of nitrogens with one attached hydrogen (secondary N) is 1. The highest BCUT2D eigenvalue weighted by Gasteiger charge is 2.16. The zero-order chi connectivity index (χ0) is 12.4. The van der Waals surface area contributed by atoms with Crippen LogP contribution in [0, 0.1) is 4.77 Å². The summed E-state index contributed by atoms with van der Waals surface area (Å²) < 4.78 is 3.12. The highest BCUT2D eigenvalue weighted by Crippen LogP contribution is 2.30. The molecule has 2 nitrogen and oxygen atoms in total.